The molecule has 126 valence electrons. The van der Waals surface area contributed by atoms with Gasteiger partial charge < -0.3 is 16.0 Å². The number of carbonyl (C=O) groups excluding carboxylic acids is 2. The Morgan fingerprint density at radius 2 is 1.96 bits per heavy atom. The molecule has 2 aromatic rings. The van der Waals surface area contributed by atoms with E-state index in [1.54, 1.807) is 12.1 Å². The molecular weight excluding hydrogens is 322 g/mol. The van der Waals surface area contributed by atoms with Crippen LogP contribution in [0.2, 0.25) is 0 Å². The topological polar surface area (TPSA) is 70.2 Å². The summed E-state index contributed by atoms with van der Waals surface area (Å²) in [6.45, 7) is 2.97. The average molecular weight is 343 g/mol. The Morgan fingerprint density at radius 1 is 1.17 bits per heavy atom. The first-order valence-electron chi connectivity index (χ1n) is 8.11. The van der Waals surface area contributed by atoms with Crippen molar-refractivity contribution in [1.82, 2.24) is 5.32 Å². The molecule has 1 aromatic heterocycles. The SMILES string of the molecule is C[C@H]1C[C@@H](C(=O)Nc2cccc(NC(=O)c3cccs3)c2)CCN1. The Kier molecular flexibility index (Phi) is 5.27. The largest absolute Gasteiger partial charge is 0.326 e. The van der Waals surface area contributed by atoms with E-state index in [9.17, 15) is 9.59 Å². The molecule has 0 unspecified atom stereocenters. The lowest BCUT2D eigenvalue weighted by atomic mass is 9.92. The zero-order chi connectivity index (χ0) is 16.9. The summed E-state index contributed by atoms with van der Waals surface area (Å²) in [6.07, 6.45) is 1.70. The molecule has 2 amide bonds. The van der Waals surface area contributed by atoms with Crippen LogP contribution in [0.3, 0.4) is 0 Å². The molecule has 0 saturated carbocycles. The molecule has 1 saturated heterocycles. The van der Waals surface area contributed by atoms with Gasteiger partial charge in [0.05, 0.1) is 4.88 Å². The van der Waals surface area contributed by atoms with Crippen LogP contribution in [0.1, 0.15) is 29.4 Å². The van der Waals surface area contributed by atoms with Gasteiger partial charge in [-0.15, -0.1) is 11.3 Å². The average Bonchev–Trinajstić information content (AvgIpc) is 3.10. The number of piperidine rings is 1. The van der Waals surface area contributed by atoms with Crippen molar-refractivity contribution in [3.8, 4) is 0 Å². The molecule has 2 atom stereocenters. The molecule has 3 rings (SSSR count). The van der Waals surface area contributed by atoms with Gasteiger partial charge in [0, 0.05) is 23.3 Å². The summed E-state index contributed by atoms with van der Waals surface area (Å²) in [7, 11) is 0. The molecule has 3 N–H and O–H groups in total. The number of hydrogen-bond acceptors (Lipinski definition) is 4. The number of amides is 2. The molecule has 0 bridgehead atoms. The first-order chi connectivity index (χ1) is 11.6. The summed E-state index contributed by atoms with van der Waals surface area (Å²) < 4.78 is 0. The van der Waals surface area contributed by atoms with Crippen molar-refractivity contribution in [2.45, 2.75) is 25.8 Å². The van der Waals surface area contributed by atoms with Gasteiger partial charge in [-0.25, -0.2) is 0 Å². The molecular formula is C18H21N3O2S. The van der Waals surface area contributed by atoms with Crippen molar-refractivity contribution >= 4 is 34.5 Å². The second-order valence-corrected chi connectivity index (χ2v) is 7.03. The number of benzene rings is 1. The Hall–Kier alpha value is -2.18. The van der Waals surface area contributed by atoms with Crippen molar-refractivity contribution in [3.05, 3.63) is 46.7 Å². The summed E-state index contributed by atoms with van der Waals surface area (Å²) >= 11 is 1.40. The molecule has 0 aliphatic carbocycles. The maximum absolute atomic E-state index is 12.4. The molecule has 1 aliphatic heterocycles. The Bertz CT molecular complexity index is 715. The fraction of sp³-hybridized carbons (Fsp3) is 0.333. The number of nitrogens with one attached hydrogen (secondary N) is 3. The number of hydrogen-bond donors (Lipinski definition) is 3. The monoisotopic (exact) mass is 343 g/mol. The van der Waals surface area contributed by atoms with E-state index in [2.05, 4.69) is 22.9 Å². The van der Waals surface area contributed by atoms with E-state index < -0.39 is 0 Å². The Morgan fingerprint density at radius 3 is 2.67 bits per heavy atom. The molecule has 2 heterocycles. The smallest absolute Gasteiger partial charge is 0.265 e. The summed E-state index contributed by atoms with van der Waals surface area (Å²) in [6, 6.07) is 11.3. The highest BCUT2D eigenvalue weighted by atomic mass is 32.1. The van der Waals surface area contributed by atoms with Crippen LogP contribution in [0.15, 0.2) is 41.8 Å². The van der Waals surface area contributed by atoms with Crippen LogP contribution in [0.5, 0.6) is 0 Å². The maximum atomic E-state index is 12.4. The lowest BCUT2D eigenvalue weighted by Gasteiger charge is -2.27. The van der Waals surface area contributed by atoms with Crippen LogP contribution in [-0.2, 0) is 4.79 Å². The molecule has 24 heavy (non-hydrogen) atoms. The number of anilines is 2. The van der Waals surface area contributed by atoms with Crippen molar-refractivity contribution in [2.75, 3.05) is 17.2 Å². The van der Waals surface area contributed by atoms with Crippen LogP contribution in [-0.4, -0.2) is 24.4 Å². The highest BCUT2D eigenvalue weighted by Gasteiger charge is 2.24. The third-order valence-corrected chi connectivity index (χ3v) is 5.00. The standard InChI is InChI=1S/C18H21N3O2S/c1-12-10-13(7-8-19-12)17(22)20-14-4-2-5-15(11-14)21-18(23)16-6-3-9-24-16/h2-6,9,11-13,19H,7-8,10H2,1H3,(H,20,22)(H,21,23)/t12-,13-/m0/s1. The van der Waals surface area contributed by atoms with Gasteiger partial charge in [0.2, 0.25) is 5.91 Å². The van der Waals surface area contributed by atoms with E-state index in [1.165, 1.54) is 11.3 Å². The number of thiophene rings is 1. The molecule has 1 aliphatic rings. The normalized spacial score (nSPS) is 20.4. The van der Waals surface area contributed by atoms with Gasteiger partial charge >= 0.3 is 0 Å². The second-order valence-electron chi connectivity index (χ2n) is 6.08. The van der Waals surface area contributed by atoms with Gasteiger partial charge in [-0.05, 0) is 56.0 Å². The van der Waals surface area contributed by atoms with Crippen LogP contribution in [0.4, 0.5) is 11.4 Å². The first kappa shape index (κ1) is 16.7. The van der Waals surface area contributed by atoms with Crippen molar-refractivity contribution < 1.29 is 9.59 Å². The first-order valence-corrected chi connectivity index (χ1v) is 8.99. The summed E-state index contributed by atoms with van der Waals surface area (Å²) in [5.41, 5.74) is 1.38. The minimum absolute atomic E-state index is 0.0330. The minimum Gasteiger partial charge on any atom is -0.326 e. The fourth-order valence-electron chi connectivity index (χ4n) is 2.89. The second kappa shape index (κ2) is 7.59. The summed E-state index contributed by atoms with van der Waals surface area (Å²) in [5.74, 6) is -0.0589. The third-order valence-electron chi connectivity index (χ3n) is 4.13. The van der Waals surface area contributed by atoms with Crippen molar-refractivity contribution in [1.29, 1.82) is 0 Å². The van der Waals surface area contributed by atoms with Gasteiger partial charge in [0.1, 0.15) is 0 Å². The maximum Gasteiger partial charge on any atom is 0.265 e. The van der Waals surface area contributed by atoms with E-state index >= 15 is 0 Å². The Balaban J connectivity index is 1.62. The van der Waals surface area contributed by atoms with Crippen LogP contribution in [0.25, 0.3) is 0 Å². The molecule has 0 spiro atoms. The zero-order valence-electron chi connectivity index (χ0n) is 13.5. The van der Waals surface area contributed by atoms with Crippen molar-refractivity contribution in [3.63, 3.8) is 0 Å². The highest BCUT2D eigenvalue weighted by Crippen LogP contribution is 2.21. The third kappa shape index (κ3) is 4.21. The van der Waals surface area contributed by atoms with E-state index in [4.69, 9.17) is 0 Å². The van der Waals surface area contributed by atoms with Gasteiger partial charge in [0.15, 0.2) is 0 Å². The van der Waals surface area contributed by atoms with E-state index in [-0.39, 0.29) is 17.7 Å². The highest BCUT2D eigenvalue weighted by molar-refractivity contribution is 7.12. The summed E-state index contributed by atoms with van der Waals surface area (Å²) in [5, 5.41) is 11.0. The van der Waals surface area contributed by atoms with Gasteiger partial charge in [-0.2, -0.15) is 0 Å². The van der Waals surface area contributed by atoms with Crippen LogP contribution >= 0.6 is 11.3 Å². The quantitative estimate of drug-likeness (QED) is 0.797. The van der Waals surface area contributed by atoms with Crippen LogP contribution in [0, 0.1) is 5.92 Å². The predicted octanol–water partition coefficient (Wildman–Crippen LogP) is 3.33. The lowest BCUT2D eigenvalue weighted by molar-refractivity contribution is -0.120. The minimum atomic E-state index is -0.138. The predicted molar refractivity (Wildman–Crippen MR) is 97.5 cm³/mol. The van der Waals surface area contributed by atoms with Gasteiger partial charge in [0.25, 0.3) is 5.91 Å². The van der Waals surface area contributed by atoms with E-state index in [0.29, 0.717) is 22.3 Å². The number of carbonyl (C=O) groups is 2. The molecule has 1 aromatic carbocycles. The molecule has 5 nitrogen and oxygen atoms in total. The lowest BCUT2D eigenvalue weighted by Crippen LogP contribution is -2.40. The summed E-state index contributed by atoms with van der Waals surface area (Å²) in [4.78, 5) is 25.2. The van der Waals surface area contributed by atoms with Gasteiger partial charge in [-0.1, -0.05) is 12.1 Å². The molecule has 6 heteroatoms. The van der Waals surface area contributed by atoms with Crippen molar-refractivity contribution in [2.24, 2.45) is 5.92 Å². The number of rotatable bonds is 4. The van der Waals surface area contributed by atoms with Crippen LogP contribution < -0.4 is 16.0 Å². The molecule has 1 fully saturated rings. The fourth-order valence-corrected chi connectivity index (χ4v) is 3.51. The van der Waals surface area contributed by atoms with E-state index in [0.717, 1.165) is 19.4 Å². The van der Waals surface area contributed by atoms with E-state index in [1.807, 2.05) is 29.6 Å². The zero-order valence-corrected chi connectivity index (χ0v) is 14.4. The Labute approximate surface area is 145 Å². The molecule has 0 radical (unpaired) electrons. The van der Waals surface area contributed by atoms with Gasteiger partial charge in [-0.3, -0.25) is 9.59 Å².